The van der Waals surface area contributed by atoms with Gasteiger partial charge in [0.2, 0.25) is 5.75 Å². The van der Waals surface area contributed by atoms with Crippen molar-refractivity contribution in [3.05, 3.63) is 41.6 Å². The van der Waals surface area contributed by atoms with Crippen LogP contribution < -0.4 is 30.0 Å². The molecule has 1 aromatic heterocycles. The summed E-state index contributed by atoms with van der Waals surface area (Å²) in [6, 6.07) is 10.5. The predicted molar refractivity (Wildman–Crippen MR) is 121 cm³/mol. The van der Waals surface area contributed by atoms with Gasteiger partial charge in [0.15, 0.2) is 11.5 Å². The van der Waals surface area contributed by atoms with Gasteiger partial charge in [-0.25, -0.2) is 10.4 Å². The van der Waals surface area contributed by atoms with Crippen molar-refractivity contribution >= 4 is 5.82 Å². The van der Waals surface area contributed by atoms with E-state index in [-0.39, 0.29) is 6.04 Å². The molecule has 4 rings (SSSR count). The Morgan fingerprint density at radius 1 is 1.00 bits per heavy atom. The first-order valence-corrected chi connectivity index (χ1v) is 10.8. The first kappa shape index (κ1) is 21.7. The van der Waals surface area contributed by atoms with E-state index in [1.54, 1.807) is 21.3 Å². The van der Waals surface area contributed by atoms with E-state index in [9.17, 15) is 0 Å². The molecule has 2 aliphatic rings. The molecule has 31 heavy (non-hydrogen) atoms. The number of pyridine rings is 1. The van der Waals surface area contributed by atoms with Gasteiger partial charge in [0.05, 0.1) is 27.4 Å². The number of aromatic nitrogens is 1. The molecule has 2 unspecified atom stereocenters. The number of hydrazine groups is 1. The molecular weight excluding hydrogens is 394 g/mol. The zero-order valence-corrected chi connectivity index (χ0v) is 18.9. The van der Waals surface area contributed by atoms with Crippen LogP contribution in [0, 0.1) is 12.8 Å². The molecule has 0 radical (unpaired) electrons. The lowest BCUT2D eigenvalue weighted by atomic mass is 9.93. The van der Waals surface area contributed by atoms with Crippen LogP contribution in [0.2, 0.25) is 0 Å². The molecule has 2 atom stereocenters. The summed E-state index contributed by atoms with van der Waals surface area (Å²) in [5, 5.41) is 0. The highest BCUT2D eigenvalue weighted by molar-refractivity contribution is 5.54. The second-order valence-electron chi connectivity index (χ2n) is 8.15. The van der Waals surface area contributed by atoms with Crippen molar-refractivity contribution in [2.24, 2.45) is 5.92 Å². The van der Waals surface area contributed by atoms with Crippen LogP contribution in [0.1, 0.15) is 17.3 Å². The fourth-order valence-corrected chi connectivity index (χ4v) is 4.54. The molecule has 0 saturated carbocycles. The van der Waals surface area contributed by atoms with E-state index in [0.717, 1.165) is 56.3 Å². The molecule has 8 nitrogen and oxygen atoms in total. The van der Waals surface area contributed by atoms with Crippen LogP contribution in [0.5, 0.6) is 17.2 Å². The average molecular weight is 428 g/mol. The topological polar surface area (TPSA) is 71.1 Å². The Labute approximate surface area is 184 Å². The van der Waals surface area contributed by atoms with E-state index in [4.69, 9.17) is 14.2 Å². The van der Waals surface area contributed by atoms with Gasteiger partial charge < -0.3 is 19.1 Å². The quantitative estimate of drug-likeness (QED) is 0.695. The number of nitrogens with one attached hydrogen (secondary N) is 2. The van der Waals surface area contributed by atoms with E-state index in [2.05, 4.69) is 37.8 Å². The van der Waals surface area contributed by atoms with Crippen LogP contribution in [-0.2, 0) is 0 Å². The molecule has 0 aliphatic carbocycles. The number of rotatable bonds is 7. The number of benzene rings is 1. The molecule has 0 spiro atoms. The maximum Gasteiger partial charge on any atom is 0.203 e. The van der Waals surface area contributed by atoms with E-state index in [0.29, 0.717) is 23.2 Å². The summed E-state index contributed by atoms with van der Waals surface area (Å²) in [6.07, 6.45) is 0. The van der Waals surface area contributed by atoms with Gasteiger partial charge in [-0.15, -0.1) is 0 Å². The molecule has 2 saturated heterocycles. The minimum atomic E-state index is 0.171. The largest absolute Gasteiger partial charge is 0.493 e. The van der Waals surface area contributed by atoms with Gasteiger partial charge >= 0.3 is 0 Å². The van der Waals surface area contributed by atoms with Crippen molar-refractivity contribution in [2.75, 3.05) is 65.5 Å². The molecule has 2 aliphatic heterocycles. The molecule has 2 fully saturated rings. The van der Waals surface area contributed by atoms with Gasteiger partial charge in [-0.1, -0.05) is 6.07 Å². The number of piperazine rings is 1. The molecule has 2 N–H and O–H groups in total. The van der Waals surface area contributed by atoms with Crippen molar-refractivity contribution < 1.29 is 14.2 Å². The first-order valence-electron chi connectivity index (χ1n) is 10.8. The van der Waals surface area contributed by atoms with Crippen LogP contribution in [0.15, 0.2) is 30.3 Å². The van der Waals surface area contributed by atoms with Crippen molar-refractivity contribution in [1.82, 2.24) is 20.7 Å². The van der Waals surface area contributed by atoms with Crippen LogP contribution in [0.4, 0.5) is 5.82 Å². The Morgan fingerprint density at radius 2 is 1.71 bits per heavy atom. The van der Waals surface area contributed by atoms with Crippen molar-refractivity contribution in [1.29, 1.82) is 0 Å². The highest BCUT2D eigenvalue weighted by atomic mass is 16.5. The predicted octanol–water partition coefficient (Wildman–Crippen LogP) is 2.00. The molecule has 0 bridgehead atoms. The molecule has 0 amide bonds. The van der Waals surface area contributed by atoms with Gasteiger partial charge in [0.25, 0.3) is 0 Å². The SMILES string of the molecule is COc1cc(C2NNCC2CN2CCN(c3cccc(C)n3)CC2)cc(OC)c1OC. The van der Waals surface area contributed by atoms with Gasteiger partial charge in [-0.3, -0.25) is 10.3 Å². The number of methoxy groups -OCH3 is 3. The lowest BCUT2D eigenvalue weighted by molar-refractivity contribution is 0.214. The van der Waals surface area contributed by atoms with Crippen LogP contribution in [0.25, 0.3) is 0 Å². The molecular formula is C23H33N5O3. The minimum absolute atomic E-state index is 0.171. The van der Waals surface area contributed by atoms with Crippen LogP contribution in [0.3, 0.4) is 0 Å². The smallest absolute Gasteiger partial charge is 0.203 e. The lowest BCUT2D eigenvalue weighted by Crippen LogP contribution is -2.48. The van der Waals surface area contributed by atoms with E-state index in [1.165, 1.54) is 0 Å². The Kier molecular flexibility index (Phi) is 6.80. The third kappa shape index (κ3) is 4.71. The normalized spacial score (nSPS) is 21.9. The number of anilines is 1. The van der Waals surface area contributed by atoms with Gasteiger partial charge in [0.1, 0.15) is 5.82 Å². The standard InChI is InChI=1S/C23H33N5O3/c1-16-6-5-7-21(25-16)28-10-8-27(9-11-28)15-18-14-24-26-22(18)17-12-19(29-2)23(31-4)20(13-17)30-3/h5-7,12-13,18,22,24,26H,8-11,14-15H2,1-4H3. The third-order valence-corrected chi connectivity index (χ3v) is 6.20. The van der Waals surface area contributed by atoms with Crippen molar-refractivity contribution in [3.63, 3.8) is 0 Å². The molecule has 168 valence electrons. The molecule has 1 aromatic carbocycles. The average Bonchev–Trinajstić information content (AvgIpc) is 3.26. The van der Waals surface area contributed by atoms with E-state index >= 15 is 0 Å². The Balaban J connectivity index is 1.42. The van der Waals surface area contributed by atoms with Crippen LogP contribution in [-0.4, -0.2) is 70.5 Å². The molecule has 8 heteroatoms. The van der Waals surface area contributed by atoms with E-state index < -0.39 is 0 Å². The summed E-state index contributed by atoms with van der Waals surface area (Å²) >= 11 is 0. The zero-order valence-electron chi connectivity index (χ0n) is 18.9. The number of hydrogen-bond acceptors (Lipinski definition) is 8. The summed E-state index contributed by atoms with van der Waals surface area (Å²) in [4.78, 5) is 9.61. The zero-order chi connectivity index (χ0) is 21.8. The number of hydrogen-bond donors (Lipinski definition) is 2. The summed E-state index contributed by atoms with van der Waals surface area (Å²) in [6.45, 7) is 8.06. The summed E-state index contributed by atoms with van der Waals surface area (Å²) in [5.41, 5.74) is 8.99. The highest BCUT2D eigenvalue weighted by Gasteiger charge is 2.32. The number of aryl methyl sites for hydroxylation is 1. The third-order valence-electron chi connectivity index (χ3n) is 6.20. The Bertz CT molecular complexity index is 860. The monoisotopic (exact) mass is 427 g/mol. The molecule has 3 heterocycles. The van der Waals surface area contributed by atoms with Crippen molar-refractivity contribution in [3.8, 4) is 17.2 Å². The Morgan fingerprint density at radius 3 is 2.32 bits per heavy atom. The fourth-order valence-electron chi connectivity index (χ4n) is 4.54. The summed E-state index contributed by atoms with van der Waals surface area (Å²) in [7, 11) is 4.94. The van der Waals surface area contributed by atoms with Crippen LogP contribution >= 0.6 is 0 Å². The molecule has 2 aromatic rings. The van der Waals surface area contributed by atoms with Gasteiger partial charge in [0, 0.05) is 50.9 Å². The first-order chi connectivity index (χ1) is 15.1. The summed E-state index contributed by atoms with van der Waals surface area (Å²) < 4.78 is 16.6. The highest BCUT2D eigenvalue weighted by Crippen LogP contribution is 2.41. The maximum atomic E-state index is 5.55. The maximum absolute atomic E-state index is 5.55. The van der Waals surface area contributed by atoms with E-state index in [1.807, 2.05) is 25.1 Å². The number of ether oxygens (including phenoxy) is 3. The summed E-state index contributed by atoms with van der Waals surface area (Å²) in [5.74, 6) is 3.51. The fraction of sp³-hybridized carbons (Fsp3) is 0.522. The minimum Gasteiger partial charge on any atom is -0.493 e. The Hall–Kier alpha value is -2.55. The second-order valence-corrected chi connectivity index (χ2v) is 8.15. The number of nitrogens with zero attached hydrogens (tertiary/aromatic N) is 3. The second kappa shape index (κ2) is 9.72. The van der Waals surface area contributed by atoms with Gasteiger partial charge in [-0.05, 0) is 36.8 Å². The van der Waals surface area contributed by atoms with Crippen molar-refractivity contribution in [2.45, 2.75) is 13.0 Å². The lowest BCUT2D eigenvalue weighted by Gasteiger charge is -2.37. The van der Waals surface area contributed by atoms with Gasteiger partial charge in [-0.2, -0.15) is 0 Å².